The van der Waals surface area contributed by atoms with Crippen molar-refractivity contribution in [1.82, 2.24) is 0 Å². The van der Waals surface area contributed by atoms with Crippen LogP contribution in [0.15, 0.2) is 36.4 Å². The molecule has 0 aliphatic carbocycles. The fourth-order valence-corrected chi connectivity index (χ4v) is 1.19. The Bertz CT molecular complexity index is 361. The third-order valence-corrected chi connectivity index (χ3v) is 2.02. The van der Waals surface area contributed by atoms with Crippen LogP contribution in [-0.4, -0.2) is 7.11 Å². The van der Waals surface area contributed by atoms with Crippen molar-refractivity contribution < 1.29 is 4.74 Å². The maximum Gasteiger partial charge on any atom is 0.119 e. The zero-order valence-corrected chi connectivity index (χ0v) is 9.00. The zero-order valence-electron chi connectivity index (χ0n) is 9.00. The molecule has 74 valence electrons. The SMILES string of the molecule is C=C(C)/C=C\c1ccc(OC)cc1C. The molecule has 0 N–H and O–H groups in total. The number of aryl methyl sites for hydroxylation is 1. The molecule has 14 heavy (non-hydrogen) atoms. The molecular formula is C13H16O. The van der Waals surface area contributed by atoms with Gasteiger partial charge in [-0.2, -0.15) is 0 Å². The van der Waals surface area contributed by atoms with E-state index in [1.54, 1.807) is 7.11 Å². The fourth-order valence-electron chi connectivity index (χ4n) is 1.19. The molecular weight excluding hydrogens is 172 g/mol. The molecule has 0 aliphatic rings. The van der Waals surface area contributed by atoms with Crippen LogP contribution in [0, 0.1) is 6.92 Å². The number of hydrogen-bond donors (Lipinski definition) is 0. The molecule has 0 fully saturated rings. The van der Waals surface area contributed by atoms with E-state index in [1.807, 2.05) is 31.2 Å². The summed E-state index contributed by atoms with van der Waals surface area (Å²) in [5, 5.41) is 0. The van der Waals surface area contributed by atoms with Crippen LogP contribution in [0.5, 0.6) is 5.75 Å². The maximum absolute atomic E-state index is 5.13. The first-order chi connectivity index (χ1) is 6.63. The molecule has 0 atom stereocenters. The van der Waals surface area contributed by atoms with E-state index in [2.05, 4.69) is 19.6 Å². The summed E-state index contributed by atoms with van der Waals surface area (Å²) in [4.78, 5) is 0. The van der Waals surface area contributed by atoms with Crippen molar-refractivity contribution >= 4 is 6.08 Å². The molecule has 1 nitrogen and oxygen atoms in total. The monoisotopic (exact) mass is 188 g/mol. The highest BCUT2D eigenvalue weighted by molar-refractivity contribution is 5.57. The van der Waals surface area contributed by atoms with Crippen LogP contribution in [0.2, 0.25) is 0 Å². The van der Waals surface area contributed by atoms with Gasteiger partial charge < -0.3 is 4.74 Å². The van der Waals surface area contributed by atoms with Gasteiger partial charge in [0.2, 0.25) is 0 Å². The summed E-state index contributed by atoms with van der Waals surface area (Å²) in [6.07, 6.45) is 4.08. The maximum atomic E-state index is 5.13. The first-order valence-corrected chi connectivity index (χ1v) is 4.61. The summed E-state index contributed by atoms with van der Waals surface area (Å²) in [5.41, 5.74) is 3.47. The van der Waals surface area contributed by atoms with E-state index in [-0.39, 0.29) is 0 Å². The Morgan fingerprint density at radius 1 is 1.43 bits per heavy atom. The smallest absolute Gasteiger partial charge is 0.119 e. The second kappa shape index (κ2) is 4.66. The number of methoxy groups -OCH3 is 1. The summed E-state index contributed by atoms with van der Waals surface area (Å²) in [6.45, 7) is 7.87. The van der Waals surface area contributed by atoms with Gasteiger partial charge in [-0.05, 0) is 37.1 Å². The van der Waals surface area contributed by atoms with Gasteiger partial charge in [0.25, 0.3) is 0 Å². The predicted octanol–water partition coefficient (Wildman–Crippen LogP) is 3.59. The molecule has 0 unspecified atom stereocenters. The lowest BCUT2D eigenvalue weighted by Crippen LogP contribution is -1.85. The fraction of sp³-hybridized carbons (Fsp3) is 0.231. The van der Waals surface area contributed by atoms with Crippen molar-refractivity contribution in [3.05, 3.63) is 47.6 Å². The van der Waals surface area contributed by atoms with Crippen LogP contribution >= 0.6 is 0 Å². The average Bonchev–Trinajstić information content (AvgIpc) is 2.15. The van der Waals surface area contributed by atoms with Crippen molar-refractivity contribution in [3.8, 4) is 5.75 Å². The Morgan fingerprint density at radius 2 is 2.14 bits per heavy atom. The Morgan fingerprint density at radius 3 is 2.64 bits per heavy atom. The lowest BCUT2D eigenvalue weighted by Gasteiger charge is -2.03. The summed E-state index contributed by atoms with van der Waals surface area (Å²) in [6, 6.07) is 6.04. The molecule has 1 aromatic carbocycles. The van der Waals surface area contributed by atoms with E-state index < -0.39 is 0 Å². The molecule has 0 saturated heterocycles. The van der Waals surface area contributed by atoms with Gasteiger partial charge in [-0.1, -0.05) is 30.4 Å². The Balaban J connectivity index is 2.94. The zero-order chi connectivity index (χ0) is 10.6. The number of hydrogen-bond acceptors (Lipinski definition) is 1. The molecule has 0 spiro atoms. The summed E-state index contributed by atoms with van der Waals surface area (Å²) in [7, 11) is 1.68. The minimum absolute atomic E-state index is 0.898. The molecule has 1 heteroatoms. The second-order valence-corrected chi connectivity index (χ2v) is 3.40. The normalized spacial score (nSPS) is 10.5. The predicted molar refractivity (Wildman–Crippen MR) is 61.6 cm³/mol. The van der Waals surface area contributed by atoms with Crippen molar-refractivity contribution in [2.75, 3.05) is 7.11 Å². The molecule has 1 aromatic rings. The molecule has 1 rings (SSSR count). The van der Waals surface area contributed by atoms with Gasteiger partial charge in [0.1, 0.15) is 5.75 Å². The van der Waals surface area contributed by atoms with E-state index >= 15 is 0 Å². The topological polar surface area (TPSA) is 9.23 Å². The minimum Gasteiger partial charge on any atom is -0.497 e. The summed E-state index contributed by atoms with van der Waals surface area (Å²) < 4.78 is 5.13. The van der Waals surface area contributed by atoms with Crippen LogP contribution < -0.4 is 4.74 Å². The highest BCUT2D eigenvalue weighted by Gasteiger charge is 1.96. The number of rotatable bonds is 3. The van der Waals surface area contributed by atoms with Gasteiger partial charge >= 0.3 is 0 Å². The van der Waals surface area contributed by atoms with E-state index in [9.17, 15) is 0 Å². The third-order valence-electron chi connectivity index (χ3n) is 2.02. The van der Waals surface area contributed by atoms with Crippen LogP contribution in [0.25, 0.3) is 6.08 Å². The highest BCUT2D eigenvalue weighted by Crippen LogP contribution is 2.18. The number of allylic oxidation sites excluding steroid dienone is 2. The lowest BCUT2D eigenvalue weighted by molar-refractivity contribution is 0.414. The molecule has 0 bridgehead atoms. The van der Waals surface area contributed by atoms with Gasteiger partial charge in [-0.3, -0.25) is 0 Å². The molecule has 0 radical (unpaired) electrons. The van der Waals surface area contributed by atoms with Crippen molar-refractivity contribution in [3.63, 3.8) is 0 Å². The number of benzene rings is 1. The molecule has 0 aliphatic heterocycles. The Kier molecular flexibility index (Phi) is 3.52. The van der Waals surface area contributed by atoms with Crippen molar-refractivity contribution in [2.45, 2.75) is 13.8 Å². The molecule has 0 aromatic heterocycles. The minimum atomic E-state index is 0.898. The van der Waals surface area contributed by atoms with Crippen molar-refractivity contribution in [1.29, 1.82) is 0 Å². The number of ether oxygens (including phenoxy) is 1. The van der Waals surface area contributed by atoms with E-state index in [0.29, 0.717) is 0 Å². The average molecular weight is 188 g/mol. The Hall–Kier alpha value is -1.50. The van der Waals surface area contributed by atoms with E-state index in [4.69, 9.17) is 4.74 Å². The van der Waals surface area contributed by atoms with Crippen LogP contribution in [0.1, 0.15) is 18.1 Å². The first-order valence-electron chi connectivity index (χ1n) is 4.61. The van der Waals surface area contributed by atoms with Gasteiger partial charge in [0, 0.05) is 0 Å². The van der Waals surface area contributed by atoms with Crippen molar-refractivity contribution in [2.24, 2.45) is 0 Å². The van der Waals surface area contributed by atoms with Crippen LogP contribution in [-0.2, 0) is 0 Å². The quantitative estimate of drug-likeness (QED) is 0.659. The van der Waals surface area contributed by atoms with Crippen LogP contribution in [0.3, 0.4) is 0 Å². The summed E-state index contributed by atoms with van der Waals surface area (Å²) in [5.74, 6) is 0.898. The Labute approximate surface area is 85.7 Å². The molecule has 0 amide bonds. The van der Waals surface area contributed by atoms with Gasteiger partial charge in [0.15, 0.2) is 0 Å². The second-order valence-electron chi connectivity index (χ2n) is 3.40. The molecule has 0 heterocycles. The lowest BCUT2D eigenvalue weighted by atomic mass is 10.1. The largest absolute Gasteiger partial charge is 0.497 e. The van der Waals surface area contributed by atoms with Gasteiger partial charge in [-0.15, -0.1) is 0 Å². The summed E-state index contributed by atoms with van der Waals surface area (Å²) >= 11 is 0. The van der Waals surface area contributed by atoms with Gasteiger partial charge in [-0.25, -0.2) is 0 Å². The third kappa shape index (κ3) is 2.77. The molecule has 0 saturated carbocycles. The van der Waals surface area contributed by atoms with E-state index in [0.717, 1.165) is 11.3 Å². The van der Waals surface area contributed by atoms with Crippen LogP contribution in [0.4, 0.5) is 0 Å². The highest BCUT2D eigenvalue weighted by atomic mass is 16.5. The standard InChI is InChI=1S/C13H16O/c1-10(2)5-6-12-7-8-13(14-4)9-11(12)3/h5-9H,1H2,2-4H3/b6-5-. The van der Waals surface area contributed by atoms with E-state index in [1.165, 1.54) is 11.1 Å². The van der Waals surface area contributed by atoms with Gasteiger partial charge in [0.05, 0.1) is 7.11 Å². The first kappa shape index (κ1) is 10.6.